The molecule has 180 valence electrons. The van der Waals surface area contributed by atoms with Crippen LogP contribution in [-0.2, 0) is 4.74 Å². The van der Waals surface area contributed by atoms with Gasteiger partial charge >= 0.3 is 23.9 Å². The average molecular weight is 466 g/mol. The smallest absolute Gasteiger partial charge is 0.308 e. The molecule has 0 amide bonds. The van der Waals surface area contributed by atoms with Crippen LogP contribution in [0.4, 0.5) is 39.5 Å². The lowest BCUT2D eigenvalue weighted by molar-refractivity contribution is -0.432. The summed E-state index contributed by atoms with van der Waals surface area (Å²) in [5, 5.41) is 0. The van der Waals surface area contributed by atoms with E-state index in [1.54, 1.807) is 0 Å². The van der Waals surface area contributed by atoms with Gasteiger partial charge in [0.1, 0.15) is 0 Å². The molecule has 0 saturated heterocycles. The molecule has 1 fully saturated rings. The fourth-order valence-electron chi connectivity index (χ4n) is 4.05. The number of unbranched alkanes of at least 4 members (excludes halogenated alkanes) is 1. The minimum absolute atomic E-state index is 0.185. The van der Waals surface area contributed by atoms with Crippen LogP contribution >= 0.6 is 0 Å². The first-order valence-electron chi connectivity index (χ1n) is 10.4. The standard InChI is InChI=1S/C21H27F9O/c1-2-3-4-14-5-7-15(8-6-14)16-9-11-17(12-10-16)31-21(29,30)20(27,28)19(25,26)18(23,24)13-22/h9-11,14-15,17H,2-8,12-13H2,1H3. The fourth-order valence-corrected chi connectivity index (χ4v) is 4.05. The van der Waals surface area contributed by atoms with Gasteiger partial charge in [0.25, 0.3) is 0 Å². The first kappa shape index (κ1) is 26.1. The van der Waals surface area contributed by atoms with Gasteiger partial charge in [0.15, 0.2) is 6.67 Å². The number of rotatable bonds is 10. The summed E-state index contributed by atoms with van der Waals surface area (Å²) in [7, 11) is 0. The Labute approximate surface area is 175 Å². The largest absolute Gasteiger partial charge is 0.426 e. The van der Waals surface area contributed by atoms with Crippen molar-refractivity contribution in [3.8, 4) is 0 Å². The Bertz CT molecular complexity index is 649. The van der Waals surface area contributed by atoms with Gasteiger partial charge in [-0.15, -0.1) is 0 Å². The van der Waals surface area contributed by atoms with Crippen LogP contribution in [0.2, 0.25) is 0 Å². The summed E-state index contributed by atoms with van der Waals surface area (Å²) in [6.07, 6.45) is 3.32. The van der Waals surface area contributed by atoms with E-state index in [1.165, 1.54) is 12.2 Å². The SMILES string of the molecule is CCCCC1CCC(C2=CCC(OC(F)(F)C(F)(F)C(F)(F)C(F)(F)CF)C=C2)CC1. The van der Waals surface area contributed by atoms with E-state index in [0.717, 1.165) is 56.6 Å². The predicted molar refractivity (Wildman–Crippen MR) is 97.4 cm³/mol. The van der Waals surface area contributed by atoms with Gasteiger partial charge in [0.2, 0.25) is 0 Å². The molecule has 2 aliphatic carbocycles. The molecule has 0 aliphatic heterocycles. The van der Waals surface area contributed by atoms with Gasteiger partial charge in [-0.3, -0.25) is 0 Å². The highest BCUT2D eigenvalue weighted by atomic mass is 19.4. The highest BCUT2D eigenvalue weighted by molar-refractivity contribution is 5.27. The second-order valence-electron chi connectivity index (χ2n) is 8.32. The van der Waals surface area contributed by atoms with E-state index in [0.29, 0.717) is 5.92 Å². The fraction of sp³-hybridized carbons (Fsp3) is 0.810. The molecule has 1 unspecified atom stereocenters. The van der Waals surface area contributed by atoms with Crippen LogP contribution in [0.25, 0.3) is 0 Å². The van der Waals surface area contributed by atoms with Crippen molar-refractivity contribution in [3.05, 3.63) is 23.8 Å². The maximum absolute atomic E-state index is 13.8. The van der Waals surface area contributed by atoms with E-state index in [4.69, 9.17) is 0 Å². The summed E-state index contributed by atoms with van der Waals surface area (Å²) in [5.41, 5.74) is 0.832. The van der Waals surface area contributed by atoms with Gasteiger partial charge in [-0.2, -0.15) is 35.1 Å². The van der Waals surface area contributed by atoms with Crippen molar-refractivity contribution < 1.29 is 44.3 Å². The Kier molecular flexibility index (Phi) is 8.20. The zero-order valence-electron chi connectivity index (χ0n) is 17.1. The van der Waals surface area contributed by atoms with Crippen LogP contribution in [0.3, 0.4) is 0 Å². The minimum atomic E-state index is -6.64. The lowest BCUT2D eigenvalue weighted by Crippen LogP contribution is -2.64. The molecular weight excluding hydrogens is 439 g/mol. The van der Waals surface area contributed by atoms with Crippen molar-refractivity contribution in [2.75, 3.05) is 6.67 Å². The quantitative estimate of drug-likeness (QED) is 0.300. The number of hydrogen-bond acceptors (Lipinski definition) is 1. The molecule has 0 radical (unpaired) electrons. The number of allylic oxidation sites excluding steroid dienone is 2. The lowest BCUT2D eigenvalue weighted by atomic mass is 9.76. The molecule has 1 saturated carbocycles. The van der Waals surface area contributed by atoms with Crippen molar-refractivity contribution >= 4 is 0 Å². The maximum Gasteiger partial charge on any atom is 0.426 e. The summed E-state index contributed by atoms with van der Waals surface area (Å²) in [4.78, 5) is 0. The molecule has 0 N–H and O–H groups in total. The molecule has 1 atom stereocenters. The van der Waals surface area contributed by atoms with Crippen LogP contribution in [0.5, 0.6) is 0 Å². The molecule has 0 spiro atoms. The summed E-state index contributed by atoms with van der Waals surface area (Å²) in [5.74, 6) is -18.4. The van der Waals surface area contributed by atoms with Gasteiger partial charge in [-0.05, 0) is 49.5 Å². The van der Waals surface area contributed by atoms with Crippen LogP contribution in [-0.4, -0.2) is 36.7 Å². The van der Waals surface area contributed by atoms with Crippen molar-refractivity contribution in [1.82, 2.24) is 0 Å². The van der Waals surface area contributed by atoms with Crippen LogP contribution in [0, 0.1) is 11.8 Å². The topological polar surface area (TPSA) is 9.23 Å². The van der Waals surface area contributed by atoms with E-state index in [2.05, 4.69) is 11.7 Å². The van der Waals surface area contributed by atoms with E-state index in [-0.39, 0.29) is 12.3 Å². The average Bonchev–Trinajstić information content (AvgIpc) is 2.72. The zero-order chi connectivity index (χ0) is 23.5. The van der Waals surface area contributed by atoms with Crippen LogP contribution in [0.15, 0.2) is 23.8 Å². The Hall–Kier alpha value is -1.19. The molecule has 2 rings (SSSR count). The highest BCUT2D eigenvalue weighted by Gasteiger charge is 2.81. The minimum Gasteiger partial charge on any atom is -0.308 e. The van der Waals surface area contributed by atoms with Crippen molar-refractivity contribution in [3.63, 3.8) is 0 Å². The third-order valence-electron chi connectivity index (χ3n) is 6.06. The molecule has 0 heterocycles. The molecule has 2 aliphatic rings. The van der Waals surface area contributed by atoms with E-state index < -0.39 is 36.7 Å². The second-order valence-corrected chi connectivity index (χ2v) is 8.32. The predicted octanol–water partition coefficient (Wildman–Crippen LogP) is 7.72. The Balaban J connectivity index is 1.97. The first-order valence-corrected chi connectivity index (χ1v) is 10.4. The molecule has 0 bridgehead atoms. The molecule has 1 nitrogen and oxygen atoms in total. The first-order chi connectivity index (χ1) is 14.3. The van der Waals surface area contributed by atoms with Crippen molar-refractivity contribution in [2.24, 2.45) is 11.8 Å². The summed E-state index contributed by atoms with van der Waals surface area (Å²) in [6, 6.07) is 0. The zero-order valence-corrected chi connectivity index (χ0v) is 17.1. The third-order valence-corrected chi connectivity index (χ3v) is 6.06. The summed E-state index contributed by atoms with van der Waals surface area (Å²) in [6.45, 7) is -1.10. The third kappa shape index (κ3) is 5.42. The summed E-state index contributed by atoms with van der Waals surface area (Å²) < 4.78 is 123. The number of alkyl halides is 9. The molecule has 31 heavy (non-hydrogen) atoms. The van der Waals surface area contributed by atoms with Gasteiger partial charge in [-0.1, -0.05) is 44.4 Å². The van der Waals surface area contributed by atoms with Gasteiger partial charge in [0.05, 0.1) is 6.10 Å². The van der Waals surface area contributed by atoms with E-state index >= 15 is 0 Å². The molecule has 0 aromatic heterocycles. The normalized spacial score (nSPS) is 26.1. The molecule has 0 aromatic carbocycles. The number of hydrogen-bond donors (Lipinski definition) is 0. The van der Waals surface area contributed by atoms with Gasteiger partial charge in [-0.25, -0.2) is 4.39 Å². The molecule has 10 heteroatoms. The Morgan fingerprint density at radius 2 is 1.55 bits per heavy atom. The summed E-state index contributed by atoms with van der Waals surface area (Å²) >= 11 is 0. The number of ether oxygens (including phenoxy) is 1. The van der Waals surface area contributed by atoms with Crippen LogP contribution < -0.4 is 0 Å². The van der Waals surface area contributed by atoms with Gasteiger partial charge in [0, 0.05) is 0 Å². The Morgan fingerprint density at radius 3 is 2.03 bits per heavy atom. The lowest BCUT2D eigenvalue weighted by Gasteiger charge is -2.36. The van der Waals surface area contributed by atoms with Crippen molar-refractivity contribution in [1.29, 1.82) is 0 Å². The van der Waals surface area contributed by atoms with Crippen LogP contribution in [0.1, 0.15) is 58.3 Å². The van der Waals surface area contributed by atoms with Crippen molar-refractivity contribution in [2.45, 2.75) is 88.3 Å². The number of halogens is 9. The second kappa shape index (κ2) is 9.75. The maximum atomic E-state index is 13.8. The van der Waals surface area contributed by atoms with Gasteiger partial charge < -0.3 is 4.74 Å². The molecular formula is C21H27F9O. The van der Waals surface area contributed by atoms with E-state index in [9.17, 15) is 39.5 Å². The highest BCUT2D eigenvalue weighted by Crippen LogP contribution is 2.53. The van der Waals surface area contributed by atoms with E-state index in [1.807, 2.05) is 0 Å². The molecule has 0 aromatic rings. The monoisotopic (exact) mass is 466 g/mol. The Morgan fingerprint density at radius 1 is 0.935 bits per heavy atom.